The maximum atomic E-state index is 12.1. The van der Waals surface area contributed by atoms with Gasteiger partial charge in [-0.05, 0) is 42.0 Å². The predicted octanol–water partition coefficient (Wildman–Crippen LogP) is 4.92. The largest absolute Gasteiger partial charge is 0.315 e. The summed E-state index contributed by atoms with van der Waals surface area (Å²) < 4.78 is 24.2. The van der Waals surface area contributed by atoms with E-state index in [0.717, 1.165) is 16.4 Å². The molecule has 2 heterocycles. The lowest BCUT2D eigenvalue weighted by Gasteiger charge is -2.26. The average Bonchev–Trinajstić information content (AvgIpc) is 3.06. The minimum atomic E-state index is -3.08. The van der Waals surface area contributed by atoms with Crippen molar-refractivity contribution in [2.24, 2.45) is 4.99 Å². The normalized spacial score (nSPS) is 23.4. The van der Waals surface area contributed by atoms with Crippen LogP contribution in [0.5, 0.6) is 0 Å². The number of thioether (sulfide) groups is 1. The number of benzene rings is 2. The highest BCUT2D eigenvalue weighted by Gasteiger charge is 2.47. The van der Waals surface area contributed by atoms with Gasteiger partial charge in [0.05, 0.1) is 23.6 Å². The summed E-state index contributed by atoms with van der Waals surface area (Å²) >= 11 is 19.8. The molecule has 0 spiro atoms. The molecule has 27 heavy (non-hydrogen) atoms. The highest BCUT2D eigenvalue weighted by atomic mass is 35.5. The summed E-state index contributed by atoms with van der Waals surface area (Å²) in [4.78, 5) is 6.73. The van der Waals surface area contributed by atoms with E-state index in [1.165, 1.54) is 0 Å². The summed E-state index contributed by atoms with van der Waals surface area (Å²) in [6.45, 7) is 0. The van der Waals surface area contributed by atoms with Crippen LogP contribution in [0.2, 0.25) is 15.1 Å². The third-order valence-corrected chi connectivity index (χ3v) is 8.14. The molecule has 2 aromatic rings. The Morgan fingerprint density at radius 2 is 1.74 bits per heavy atom. The molecule has 2 atom stereocenters. The number of aliphatic imine (C=N–C) groups is 1. The standard InChI is InChI=1S/C18H15Cl3N2O2S2/c19-12-3-5-14(6-4-12)23-17-10-27(24,25)9-16(17)22-18(23)26-8-11-1-2-13(20)7-15(11)21/h1-7,16-17H,8-10H2/t16-,17-/m0/s1. The third-order valence-electron chi connectivity index (χ3n) is 4.58. The molecule has 142 valence electrons. The fraction of sp³-hybridized carbons (Fsp3) is 0.278. The van der Waals surface area contributed by atoms with Crippen molar-refractivity contribution in [3.05, 3.63) is 63.1 Å². The zero-order valence-corrected chi connectivity index (χ0v) is 17.9. The van der Waals surface area contributed by atoms with Crippen molar-refractivity contribution in [1.29, 1.82) is 0 Å². The predicted molar refractivity (Wildman–Crippen MR) is 115 cm³/mol. The average molecular weight is 462 g/mol. The van der Waals surface area contributed by atoms with Gasteiger partial charge in [0, 0.05) is 26.5 Å². The van der Waals surface area contributed by atoms with Gasteiger partial charge in [-0.15, -0.1) is 0 Å². The second-order valence-electron chi connectivity index (χ2n) is 6.49. The summed E-state index contributed by atoms with van der Waals surface area (Å²) in [5.41, 5.74) is 1.84. The summed E-state index contributed by atoms with van der Waals surface area (Å²) in [5, 5.41) is 2.63. The monoisotopic (exact) mass is 460 g/mol. The fourth-order valence-corrected chi connectivity index (χ4v) is 6.97. The molecule has 0 aromatic heterocycles. The van der Waals surface area contributed by atoms with Gasteiger partial charge in [0.1, 0.15) is 0 Å². The summed E-state index contributed by atoms with van der Waals surface area (Å²) in [6, 6.07) is 12.4. The molecular weight excluding hydrogens is 447 g/mol. The van der Waals surface area contributed by atoms with E-state index < -0.39 is 9.84 Å². The van der Waals surface area contributed by atoms with E-state index >= 15 is 0 Å². The molecular formula is C18H15Cl3N2O2S2. The SMILES string of the molecule is O=S1(=O)C[C@@H]2N=C(SCc3ccc(Cl)cc3Cl)N(c3ccc(Cl)cc3)[C@H]2C1. The van der Waals surface area contributed by atoms with Gasteiger partial charge < -0.3 is 4.90 Å². The highest BCUT2D eigenvalue weighted by molar-refractivity contribution is 8.13. The Kier molecular flexibility index (Phi) is 5.38. The Morgan fingerprint density at radius 1 is 1.04 bits per heavy atom. The number of fused-ring (bicyclic) bond motifs is 1. The van der Waals surface area contributed by atoms with E-state index in [0.29, 0.717) is 20.8 Å². The first-order valence-corrected chi connectivity index (χ1v) is 12.2. The summed E-state index contributed by atoms with van der Waals surface area (Å²) in [6.07, 6.45) is 0. The second-order valence-corrected chi connectivity index (χ2v) is 10.9. The minimum absolute atomic E-state index is 0.0908. The van der Waals surface area contributed by atoms with Gasteiger partial charge >= 0.3 is 0 Å². The van der Waals surface area contributed by atoms with Crippen LogP contribution in [0.25, 0.3) is 0 Å². The summed E-state index contributed by atoms with van der Waals surface area (Å²) in [7, 11) is -3.08. The lowest BCUT2D eigenvalue weighted by molar-refractivity contribution is 0.601. The molecule has 0 N–H and O–H groups in total. The van der Waals surface area contributed by atoms with Crippen molar-refractivity contribution < 1.29 is 8.42 Å². The lowest BCUT2D eigenvalue weighted by Crippen LogP contribution is -2.39. The van der Waals surface area contributed by atoms with Crippen LogP contribution in [0, 0.1) is 0 Å². The zero-order chi connectivity index (χ0) is 19.2. The van der Waals surface area contributed by atoms with Crippen LogP contribution in [0.1, 0.15) is 5.56 Å². The fourth-order valence-electron chi connectivity index (χ4n) is 3.32. The molecule has 0 radical (unpaired) electrons. The summed E-state index contributed by atoms with van der Waals surface area (Å²) in [5.74, 6) is 0.814. The van der Waals surface area contributed by atoms with Gasteiger partial charge in [0.25, 0.3) is 0 Å². The van der Waals surface area contributed by atoms with Crippen LogP contribution < -0.4 is 4.90 Å². The van der Waals surface area contributed by atoms with E-state index in [2.05, 4.69) is 0 Å². The molecule has 0 bridgehead atoms. The van der Waals surface area contributed by atoms with E-state index in [1.54, 1.807) is 36.0 Å². The number of amidine groups is 1. The molecule has 0 amide bonds. The molecule has 2 aliphatic rings. The van der Waals surface area contributed by atoms with Crippen molar-refractivity contribution in [1.82, 2.24) is 0 Å². The smallest absolute Gasteiger partial charge is 0.164 e. The number of hydrogen-bond acceptors (Lipinski definition) is 5. The van der Waals surface area contributed by atoms with Crippen molar-refractivity contribution in [2.45, 2.75) is 17.8 Å². The quantitative estimate of drug-likeness (QED) is 0.651. The van der Waals surface area contributed by atoms with Crippen molar-refractivity contribution >= 4 is 67.3 Å². The van der Waals surface area contributed by atoms with E-state index in [4.69, 9.17) is 39.8 Å². The van der Waals surface area contributed by atoms with E-state index in [9.17, 15) is 8.42 Å². The Balaban J connectivity index is 1.61. The van der Waals surface area contributed by atoms with Gasteiger partial charge in [0.2, 0.25) is 0 Å². The Morgan fingerprint density at radius 3 is 2.44 bits per heavy atom. The topological polar surface area (TPSA) is 49.7 Å². The first kappa shape index (κ1) is 19.4. The van der Waals surface area contributed by atoms with Crippen LogP contribution in [0.4, 0.5) is 5.69 Å². The molecule has 4 nitrogen and oxygen atoms in total. The molecule has 2 aromatic carbocycles. The number of anilines is 1. The van der Waals surface area contributed by atoms with Gasteiger partial charge in [0.15, 0.2) is 15.0 Å². The van der Waals surface area contributed by atoms with Crippen molar-refractivity contribution in [3.63, 3.8) is 0 Å². The number of sulfone groups is 1. The maximum absolute atomic E-state index is 12.1. The molecule has 0 saturated carbocycles. The van der Waals surface area contributed by atoms with Crippen molar-refractivity contribution in [3.8, 4) is 0 Å². The first-order chi connectivity index (χ1) is 12.8. The van der Waals surface area contributed by atoms with Crippen LogP contribution >= 0.6 is 46.6 Å². The highest BCUT2D eigenvalue weighted by Crippen LogP contribution is 2.37. The van der Waals surface area contributed by atoms with Crippen LogP contribution in [0.15, 0.2) is 47.5 Å². The molecule has 9 heteroatoms. The molecule has 4 rings (SSSR count). The Hall–Kier alpha value is -0.920. The number of nitrogens with zero attached hydrogens (tertiary/aromatic N) is 2. The number of rotatable bonds is 3. The number of hydrogen-bond donors (Lipinski definition) is 0. The van der Waals surface area contributed by atoms with Crippen LogP contribution in [0.3, 0.4) is 0 Å². The minimum Gasteiger partial charge on any atom is -0.315 e. The van der Waals surface area contributed by atoms with E-state index in [1.807, 2.05) is 23.1 Å². The van der Waals surface area contributed by atoms with Gasteiger partial charge in [-0.2, -0.15) is 0 Å². The molecule has 0 aliphatic carbocycles. The van der Waals surface area contributed by atoms with Crippen LogP contribution in [-0.4, -0.2) is 37.2 Å². The molecule has 1 fully saturated rings. The van der Waals surface area contributed by atoms with E-state index in [-0.39, 0.29) is 23.6 Å². The van der Waals surface area contributed by atoms with Gasteiger partial charge in [-0.25, -0.2) is 8.42 Å². The van der Waals surface area contributed by atoms with Crippen LogP contribution in [-0.2, 0) is 15.6 Å². The first-order valence-electron chi connectivity index (χ1n) is 8.22. The van der Waals surface area contributed by atoms with Gasteiger partial charge in [-0.1, -0.05) is 52.6 Å². The third kappa shape index (κ3) is 4.10. The second kappa shape index (κ2) is 7.48. The van der Waals surface area contributed by atoms with Gasteiger partial charge in [-0.3, -0.25) is 4.99 Å². The lowest BCUT2D eigenvalue weighted by atomic mass is 10.1. The van der Waals surface area contributed by atoms with Crippen molar-refractivity contribution in [2.75, 3.05) is 16.4 Å². The molecule has 1 saturated heterocycles. The number of halogens is 3. The zero-order valence-electron chi connectivity index (χ0n) is 14.0. The Bertz CT molecular complexity index is 1010. The molecule has 0 unspecified atom stereocenters. The Labute approximate surface area is 177 Å². The maximum Gasteiger partial charge on any atom is 0.164 e. The molecule has 2 aliphatic heterocycles.